The third kappa shape index (κ3) is 3.05. The lowest BCUT2D eigenvalue weighted by molar-refractivity contribution is -0.105. The molecule has 0 N–H and O–H groups in total. The molecule has 96 valence electrons. The van der Waals surface area contributed by atoms with Gasteiger partial charge in [0, 0.05) is 26.0 Å². The van der Waals surface area contributed by atoms with Crippen LogP contribution in [0.5, 0.6) is 5.75 Å². The molecule has 0 aliphatic heterocycles. The molecule has 0 radical (unpaired) electrons. The molecule has 1 rings (SSSR count). The highest BCUT2D eigenvalue weighted by Gasteiger charge is 2.28. The normalized spacial score (nSPS) is 11.9. The van der Waals surface area contributed by atoms with Crippen LogP contribution in [0.3, 0.4) is 0 Å². The van der Waals surface area contributed by atoms with Gasteiger partial charge in [0.2, 0.25) is 0 Å². The van der Waals surface area contributed by atoms with Crippen LogP contribution >= 0.6 is 0 Å². The summed E-state index contributed by atoms with van der Waals surface area (Å²) in [5.74, 6) is 0.820. The second kappa shape index (κ2) is 5.62. The molecule has 1 aromatic rings. The highest BCUT2D eigenvalue weighted by molar-refractivity contribution is 6.89. The van der Waals surface area contributed by atoms with Gasteiger partial charge in [0.15, 0.2) is 6.29 Å². The lowest BCUT2D eigenvalue weighted by Gasteiger charge is -2.26. The Bertz CT molecular complexity index is 373. The molecule has 4 nitrogen and oxygen atoms in total. The Labute approximate surface area is 104 Å². The average molecular weight is 255 g/mol. The van der Waals surface area contributed by atoms with E-state index in [2.05, 4.69) is 24.6 Å². The molecular formula is C12H21NO3Si. The smallest absolute Gasteiger partial charge is 0.184 e. The lowest BCUT2D eigenvalue weighted by atomic mass is 10.2. The van der Waals surface area contributed by atoms with Crippen LogP contribution in [-0.4, -0.2) is 34.4 Å². The van der Waals surface area contributed by atoms with Crippen LogP contribution < -0.4 is 9.92 Å². The minimum absolute atomic E-state index is 0.390. The van der Waals surface area contributed by atoms with E-state index in [0.29, 0.717) is 0 Å². The molecule has 1 aromatic heterocycles. The molecule has 0 unspecified atom stereocenters. The third-order valence-electron chi connectivity index (χ3n) is 2.59. The maximum absolute atomic E-state index is 5.41. The van der Waals surface area contributed by atoms with Crippen LogP contribution in [0.15, 0.2) is 12.4 Å². The fourth-order valence-electron chi connectivity index (χ4n) is 1.94. The number of rotatable bonds is 5. The van der Waals surface area contributed by atoms with Gasteiger partial charge < -0.3 is 14.2 Å². The second-order valence-electron chi connectivity index (χ2n) is 4.86. The van der Waals surface area contributed by atoms with Gasteiger partial charge in [-0.05, 0) is 5.19 Å². The van der Waals surface area contributed by atoms with Gasteiger partial charge in [-0.2, -0.15) is 0 Å². The van der Waals surface area contributed by atoms with Crippen LogP contribution in [0.4, 0.5) is 0 Å². The molecule has 0 atom stereocenters. The van der Waals surface area contributed by atoms with Crippen LogP contribution in [0.2, 0.25) is 19.6 Å². The van der Waals surface area contributed by atoms with Crippen molar-refractivity contribution in [1.82, 2.24) is 4.98 Å². The van der Waals surface area contributed by atoms with Crippen LogP contribution in [0.1, 0.15) is 11.9 Å². The van der Waals surface area contributed by atoms with E-state index in [-0.39, 0.29) is 6.29 Å². The first-order valence-corrected chi connectivity index (χ1v) is 9.03. The molecule has 0 aromatic carbocycles. The van der Waals surface area contributed by atoms with Gasteiger partial charge >= 0.3 is 0 Å². The number of hydrogen-bond donors (Lipinski definition) is 0. The van der Waals surface area contributed by atoms with Crippen molar-refractivity contribution in [1.29, 1.82) is 0 Å². The summed E-state index contributed by atoms with van der Waals surface area (Å²) in [6.45, 7) is 6.78. The molecule has 0 amide bonds. The highest BCUT2D eigenvalue weighted by Crippen LogP contribution is 2.22. The maximum atomic E-state index is 5.41. The van der Waals surface area contributed by atoms with Gasteiger partial charge in [-0.25, -0.2) is 0 Å². The monoisotopic (exact) mass is 255 g/mol. The van der Waals surface area contributed by atoms with Gasteiger partial charge in [0.25, 0.3) is 0 Å². The van der Waals surface area contributed by atoms with E-state index in [1.807, 2.05) is 0 Å². The van der Waals surface area contributed by atoms with E-state index in [9.17, 15) is 0 Å². The average Bonchev–Trinajstić information content (AvgIpc) is 2.29. The number of ether oxygens (including phenoxy) is 3. The molecule has 0 saturated heterocycles. The number of aromatic nitrogens is 1. The summed E-state index contributed by atoms with van der Waals surface area (Å²) in [4.78, 5) is 4.18. The first kappa shape index (κ1) is 14.1. The molecule has 0 bridgehead atoms. The first-order chi connectivity index (χ1) is 7.95. The topological polar surface area (TPSA) is 40.6 Å². The molecule has 0 fully saturated rings. The van der Waals surface area contributed by atoms with Crippen molar-refractivity contribution in [2.24, 2.45) is 0 Å². The Morgan fingerprint density at radius 2 is 1.65 bits per heavy atom. The summed E-state index contributed by atoms with van der Waals surface area (Å²) in [6.07, 6.45) is 3.16. The van der Waals surface area contributed by atoms with Crippen molar-refractivity contribution in [3.8, 4) is 5.75 Å². The van der Waals surface area contributed by atoms with E-state index in [1.54, 1.807) is 33.7 Å². The minimum atomic E-state index is -1.56. The SMILES string of the molecule is COc1cncc(C(OC)OC)c1[Si](C)(C)C. The van der Waals surface area contributed by atoms with Crippen LogP contribution in [-0.2, 0) is 9.47 Å². The number of nitrogens with zero attached hydrogens (tertiary/aromatic N) is 1. The summed E-state index contributed by atoms with van der Waals surface area (Å²) in [6, 6.07) is 0. The van der Waals surface area contributed by atoms with Gasteiger partial charge in [-0.1, -0.05) is 19.6 Å². The van der Waals surface area contributed by atoms with Crippen molar-refractivity contribution in [3.05, 3.63) is 18.0 Å². The van der Waals surface area contributed by atoms with Gasteiger partial charge in [-0.15, -0.1) is 0 Å². The Hall–Kier alpha value is -0.913. The summed E-state index contributed by atoms with van der Waals surface area (Å²) < 4.78 is 16.1. The van der Waals surface area contributed by atoms with Crippen molar-refractivity contribution in [2.45, 2.75) is 25.9 Å². The lowest BCUT2D eigenvalue weighted by Crippen LogP contribution is -2.42. The minimum Gasteiger partial charge on any atom is -0.495 e. The van der Waals surface area contributed by atoms with E-state index in [0.717, 1.165) is 11.3 Å². The quantitative estimate of drug-likeness (QED) is 0.595. The molecule has 0 saturated carbocycles. The molecular weight excluding hydrogens is 234 g/mol. The largest absolute Gasteiger partial charge is 0.495 e. The van der Waals surface area contributed by atoms with Crippen LogP contribution in [0, 0.1) is 0 Å². The molecule has 0 aliphatic carbocycles. The van der Waals surface area contributed by atoms with Crippen molar-refractivity contribution < 1.29 is 14.2 Å². The fourth-order valence-corrected chi connectivity index (χ4v) is 3.90. The molecule has 17 heavy (non-hydrogen) atoms. The van der Waals surface area contributed by atoms with E-state index >= 15 is 0 Å². The Balaban J connectivity index is 3.39. The van der Waals surface area contributed by atoms with E-state index < -0.39 is 8.07 Å². The predicted molar refractivity (Wildman–Crippen MR) is 70.5 cm³/mol. The number of hydrogen-bond acceptors (Lipinski definition) is 4. The zero-order valence-corrected chi connectivity index (χ0v) is 12.4. The summed E-state index contributed by atoms with van der Waals surface area (Å²) in [7, 11) is 3.36. The summed E-state index contributed by atoms with van der Waals surface area (Å²) >= 11 is 0. The van der Waals surface area contributed by atoms with Gasteiger partial charge in [0.05, 0.1) is 21.4 Å². The highest BCUT2D eigenvalue weighted by atomic mass is 28.3. The summed E-state index contributed by atoms with van der Waals surface area (Å²) in [5.41, 5.74) is 0.966. The first-order valence-electron chi connectivity index (χ1n) is 5.53. The van der Waals surface area contributed by atoms with Crippen molar-refractivity contribution >= 4 is 13.3 Å². The number of pyridine rings is 1. The summed E-state index contributed by atoms with van der Waals surface area (Å²) in [5, 5.41) is 1.20. The molecule has 1 heterocycles. The Morgan fingerprint density at radius 1 is 1.06 bits per heavy atom. The molecule has 5 heteroatoms. The maximum Gasteiger partial charge on any atom is 0.184 e. The molecule has 0 aliphatic rings. The third-order valence-corrected chi connectivity index (χ3v) is 4.63. The predicted octanol–water partition coefficient (Wildman–Crippen LogP) is 1.93. The second-order valence-corrected chi connectivity index (χ2v) is 9.86. The van der Waals surface area contributed by atoms with E-state index in [4.69, 9.17) is 14.2 Å². The Morgan fingerprint density at radius 3 is 2.06 bits per heavy atom. The number of methoxy groups -OCH3 is 3. The van der Waals surface area contributed by atoms with Crippen molar-refractivity contribution in [3.63, 3.8) is 0 Å². The van der Waals surface area contributed by atoms with Gasteiger partial charge in [-0.3, -0.25) is 4.98 Å². The molecule has 0 spiro atoms. The zero-order valence-electron chi connectivity index (χ0n) is 11.4. The van der Waals surface area contributed by atoms with E-state index in [1.165, 1.54) is 5.19 Å². The standard InChI is InChI=1S/C12H21NO3Si/c1-14-10-8-13-7-9(12(15-2)16-3)11(10)17(4,5)6/h7-8,12H,1-6H3. The van der Waals surface area contributed by atoms with Crippen molar-refractivity contribution in [2.75, 3.05) is 21.3 Å². The van der Waals surface area contributed by atoms with Gasteiger partial charge in [0.1, 0.15) is 5.75 Å². The zero-order chi connectivity index (χ0) is 13.1. The fraction of sp³-hybridized carbons (Fsp3) is 0.583. The van der Waals surface area contributed by atoms with Crippen LogP contribution in [0.25, 0.3) is 0 Å². The Kier molecular flexibility index (Phi) is 4.67.